The summed E-state index contributed by atoms with van der Waals surface area (Å²) in [6, 6.07) is -0.228. The maximum Gasteiger partial charge on any atom is 0.317 e. The van der Waals surface area contributed by atoms with Gasteiger partial charge in [0.05, 0.1) is 26.3 Å². The third-order valence-corrected chi connectivity index (χ3v) is 2.80. The first-order valence-corrected chi connectivity index (χ1v) is 6.33. The molecule has 1 atom stereocenters. The fourth-order valence-corrected chi connectivity index (χ4v) is 1.93. The first-order valence-electron chi connectivity index (χ1n) is 6.33. The summed E-state index contributed by atoms with van der Waals surface area (Å²) in [7, 11) is 0. The van der Waals surface area contributed by atoms with Crippen molar-refractivity contribution in [2.45, 2.75) is 13.0 Å². The van der Waals surface area contributed by atoms with Crippen LogP contribution >= 0.6 is 0 Å². The zero-order chi connectivity index (χ0) is 16.3. The predicted molar refractivity (Wildman–Crippen MR) is 69.9 cm³/mol. The van der Waals surface area contributed by atoms with E-state index in [0.717, 1.165) is 0 Å². The molecule has 0 aromatic rings. The summed E-state index contributed by atoms with van der Waals surface area (Å²) in [6.07, 6.45) is 0. The second-order valence-electron chi connectivity index (χ2n) is 4.51. The lowest BCUT2D eigenvalue weighted by atomic mass is 10.2. The second-order valence-corrected chi connectivity index (χ2v) is 4.51. The minimum atomic E-state index is -1.12. The molecule has 0 aromatic heterocycles. The SMILES string of the molecule is CC(CN(CC(=O)O)CC(=O)O)N(CCOO)CCOO. The quantitative estimate of drug-likeness (QED) is 0.250. The molecule has 21 heavy (non-hydrogen) atoms. The van der Waals surface area contributed by atoms with Gasteiger partial charge in [0.1, 0.15) is 0 Å². The van der Waals surface area contributed by atoms with Crippen molar-refractivity contribution >= 4 is 11.9 Å². The van der Waals surface area contributed by atoms with Crippen molar-refractivity contribution < 1.29 is 40.1 Å². The van der Waals surface area contributed by atoms with Crippen molar-refractivity contribution in [2.75, 3.05) is 45.9 Å². The molecule has 0 aromatic carbocycles. The van der Waals surface area contributed by atoms with Crippen LogP contribution in [0.5, 0.6) is 0 Å². The highest BCUT2D eigenvalue weighted by Crippen LogP contribution is 2.03. The van der Waals surface area contributed by atoms with Gasteiger partial charge in [0.25, 0.3) is 0 Å². The second kappa shape index (κ2) is 11.4. The van der Waals surface area contributed by atoms with E-state index in [-0.39, 0.29) is 25.8 Å². The Morgan fingerprint density at radius 3 is 1.76 bits per heavy atom. The van der Waals surface area contributed by atoms with E-state index in [9.17, 15) is 9.59 Å². The summed E-state index contributed by atoms with van der Waals surface area (Å²) in [4.78, 5) is 32.5. The highest BCUT2D eigenvalue weighted by molar-refractivity contribution is 5.72. The molecule has 1 unspecified atom stereocenters. The van der Waals surface area contributed by atoms with Crippen LogP contribution in [-0.4, -0.2) is 94.4 Å². The Labute approximate surface area is 121 Å². The molecule has 4 N–H and O–H groups in total. The molecule has 0 saturated carbocycles. The van der Waals surface area contributed by atoms with E-state index in [1.54, 1.807) is 11.8 Å². The normalized spacial score (nSPS) is 12.8. The molecular weight excluding hydrogens is 288 g/mol. The molecule has 10 nitrogen and oxygen atoms in total. The van der Waals surface area contributed by atoms with Crippen LogP contribution in [0.25, 0.3) is 0 Å². The van der Waals surface area contributed by atoms with Crippen LogP contribution in [0.15, 0.2) is 0 Å². The molecule has 0 fully saturated rings. The molecule has 0 aliphatic rings. The summed E-state index contributed by atoms with van der Waals surface area (Å²) in [5, 5.41) is 34.3. The third-order valence-electron chi connectivity index (χ3n) is 2.80. The number of rotatable bonds is 13. The Balaban J connectivity index is 4.57. The van der Waals surface area contributed by atoms with E-state index in [0.29, 0.717) is 13.1 Å². The summed E-state index contributed by atoms with van der Waals surface area (Å²) < 4.78 is 0. The van der Waals surface area contributed by atoms with Crippen molar-refractivity contribution in [3.05, 3.63) is 0 Å². The predicted octanol–water partition coefficient (Wildman–Crippen LogP) is -0.873. The van der Waals surface area contributed by atoms with Crippen molar-refractivity contribution in [3.63, 3.8) is 0 Å². The van der Waals surface area contributed by atoms with Crippen LogP contribution in [0.4, 0.5) is 0 Å². The molecule has 0 aliphatic heterocycles. The lowest BCUT2D eigenvalue weighted by Gasteiger charge is -2.31. The molecule has 0 radical (unpaired) electrons. The van der Waals surface area contributed by atoms with Crippen molar-refractivity contribution in [3.8, 4) is 0 Å². The summed E-state index contributed by atoms with van der Waals surface area (Å²) in [6.45, 7) is 1.85. The van der Waals surface area contributed by atoms with Crippen molar-refractivity contribution in [2.24, 2.45) is 0 Å². The standard InChI is InChI=1S/C11H22N2O8/c1-9(13(2-4-20-18)3-5-21-19)6-12(7-10(14)15)8-11(16)17/h9,18-19H,2-8H2,1H3,(H,14,15)(H,16,17). The van der Waals surface area contributed by atoms with Crippen molar-refractivity contribution in [1.82, 2.24) is 9.80 Å². The van der Waals surface area contributed by atoms with E-state index in [4.69, 9.17) is 20.7 Å². The minimum absolute atomic E-state index is 0.0215. The lowest BCUT2D eigenvalue weighted by Crippen LogP contribution is -2.47. The first kappa shape index (κ1) is 19.7. The van der Waals surface area contributed by atoms with Crippen LogP contribution in [-0.2, 0) is 19.4 Å². The molecule has 0 rings (SSSR count). The van der Waals surface area contributed by atoms with Crippen molar-refractivity contribution in [1.29, 1.82) is 0 Å². The Morgan fingerprint density at radius 2 is 1.43 bits per heavy atom. The minimum Gasteiger partial charge on any atom is -0.480 e. The summed E-state index contributed by atoms with van der Waals surface area (Å²) >= 11 is 0. The van der Waals surface area contributed by atoms with Crippen LogP contribution < -0.4 is 0 Å². The van der Waals surface area contributed by atoms with E-state index < -0.39 is 25.0 Å². The van der Waals surface area contributed by atoms with Gasteiger partial charge >= 0.3 is 11.9 Å². The third kappa shape index (κ3) is 10.1. The fourth-order valence-electron chi connectivity index (χ4n) is 1.93. The van der Waals surface area contributed by atoms with Gasteiger partial charge in [-0.25, -0.2) is 9.78 Å². The zero-order valence-electron chi connectivity index (χ0n) is 11.8. The van der Waals surface area contributed by atoms with Gasteiger partial charge in [0, 0.05) is 25.7 Å². The monoisotopic (exact) mass is 310 g/mol. The molecule has 0 heterocycles. The Kier molecular flexibility index (Phi) is 10.7. The average Bonchev–Trinajstić information content (AvgIpc) is 2.37. The van der Waals surface area contributed by atoms with E-state index >= 15 is 0 Å². The molecule has 0 bridgehead atoms. The average molecular weight is 310 g/mol. The zero-order valence-corrected chi connectivity index (χ0v) is 11.8. The molecule has 124 valence electrons. The van der Waals surface area contributed by atoms with Gasteiger partial charge in [-0.1, -0.05) is 0 Å². The Morgan fingerprint density at radius 1 is 1.00 bits per heavy atom. The topological polar surface area (TPSA) is 140 Å². The molecule has 10 heteroatoms. The molecular formula is C11H22N2O8. The number of carboxylic acids is 2. The molecule has 0 spiro atoms. The number of hydrogen-bond acceptors (Lipinski definition) is 8. The van der Waals surface area contributed by atoms with Gasteiger partial charge in [0.2, 0.25) is 0 Å². The molecule has 0 amide bonds. The first-order chi connectivity index (χ1) is 9.90. The lowest BCUT2D eigenvalue weighted by molar-refractivity contribution is -0.252. The number of aliphatic carboxylic acids is 2. The van der Waals surface area contributed by atoms with Gasteiger partial charge in [-0.3, -0.25) is 29.9 Å². The smallest absolute Gasteiger partial charge is 0.317 e. The van der Waals surface area contributed by atoms with E-state index in [2.05, 4.69) is 9.78 Å². The number of carboxylic acid groups (broad SMARTS) is 2. The highest BCUT2D eigenvalue weighted by Gasteiger charge is 2.20. The maximum atomic E-state index is 10.7. The van der Waals surface area contributed by atoms with E-state index in [1.165, 1.54) is 4.90 Å². The highest BCUT2D eigenvalue weighted by atomic mass is 17.1. The summed E-state index contributed by atoms with van der Waals surface area (Å²) in [5.41, 5.74) is 0. The van der Waals surface area contributed by atoms with Crippen LogP contribution in [0.1, 0.15) is 6.92 Å². The number of hydrogen-bond donors (Lipinski definition) is 4. The van der Waals surface area contributed by atoms with Crippen LogP contribution in [0.3, 0.4) is 0 Å². The van der Waals surface area contributed by atoms with Gasteiger partial charge in [-0.2, -0.15) is 0 Å². The number of nitrogens with zero attached hydrogens (tertiary/aromatic N) is 2. The van der Waals surface area contributed by atoms with Gasteiger partial charge in [0.15, 0.2) is 0 Å². The maximum absolute atomic E-state index is 10.7. The fraction of sp³-hybridized carbons (Fsp3) is 0.818. The van der Waals surface area contributed by atoms with Gasteiger partial charge < -0.3 is 10.2 Å². The van der Waals surface area contributed by atoms with Crippen LogP contribution in [0.2, 0.25) is 0 Å². The molecule has 0 aliphatic carbocycles. The van der Waals surface area contributed by atoms with Crippen LogP contribution in [0, 0.1) is 0 Å². The number of carbonyl (C=O) groups is 2. The van der Waals surface area contributed by atoms with E-state index in [1.807, 2.05) is 0 Å². The Hall–Kier alpha value is -1.30. The summed E-state index contributed by atoms with van der Waals surface area (Å²) in [5.74, 6) is -2.24. The largest absolute Gasteiger partial charge is 0.480 e. The Bertz CT molecular complexity index is 291. The molecule has 0 saturated heterocycles. The van der Waals surface area contributed by atoms with Gasteiger partial charge in [-0.05, 0) is 6.92 Å². The van der Waals surface area contributed by atoms with Gasteiger partial charge in [-0.15, -0.1) is 0 Å².